The van der Waals surface area contributed by atoms with Crippen molar-refractivity contribution in [1.82, 2.24) is 5.32 Å². The quantitative estimate of drug-likeness (QED) is 0.695. The Labute approximate surface area is 129 Å². The van der Waals surface area contributed by atoms with Gasteiger partial charge in [-0.1, -0.05) is 19.1 Å². The third-order valence-electron chi connectivity index (χ3n) is 4.02. The molecular weight excluding hydrogens is 262 g/mol. The molecule has 1 aromatic carbocycles. The molecule has 1 N–H and O–H groups in total. The third kappa shape index (κ3) is 5.68. The Morgan fingerprint density at radius 3 is 3.10 bits per heavy atom. The van der Waals surface area contributed by atoms with Crippen molar-refractivity contribution in [2.24, 2.45) is 0 Å². The zero-order valence-corrected chi connectivity index (χ0v) is 13.4. The molecule has 3 nitrogen and oxygen atoms in total. The van der Waals surface area contributed by atoms with Gasteiger partial charge in [0.05, 0.1) is 12.7 Å². The molecule has 2 unspecified atom stereocenters. The van der Waals surface area contributed by atoms with Gasteiger partial charge in [-0.15, -0.1) is 0 Å². The van der Waals surface area contributed by atoms with E-state index in [4.69, 9.17) is 9.47 Å². The van der Waals surface area contributed by atoms with Gasteiger partial charge < -0.3 is 14.8 Å². The van der Waals surface area contributed by atoms with Gasteiger partial charge in [0.1, 0.15) is 5.75 Å². The Morgan fingerprint density at radius 1 is 1.43 bits per heavy atom. The van der Waals surface area contributed by atoms with E-state index >= 15 is 0 Å². The maximum absolute atomic E-state index is 5.88. The van der Waals surface area contributed by atoms with Gasteiger partial charge in [0.2, 0.25) is 0 Å². The molecule has 118 valence electrons. The highest BCUT2D eigenvalue weighted by molar-refractivity contribution is 5.30. The van der Waals surface area contributed by atoms with Crippen LogP contribution in [-0.4, -0.2) is 25.9 Å². The van der Waals surface area contributed by atoms with Crippen LogP contribution in [0.4, 0.5) is 0 Å². The Hall–Kier alpha value is -1.06. The minimum Gasteiger partial charge on any atom is -0.494 e. The normalized spacial score (nSPS) is 19.6. The second-order valence-corrected chi connectivity index (χ2v) is 5.87. The van der Waals surface area contributed by atoms with Crippen molar-refractivity contribution in [3.8, 4) is 5.75 Å². The monoisotopic (exact) mass is 291 g/mol. The molecule has 2 atom stereocenters. The molecule has 0 aromatic heterocycles. The molecule has 0 radical (unpaired) electrons. The van der Waals surface area contributed by atoms with Gasteiger partial charge >= 0.3 is 0 Å². The van der Waals surface area contributed by atoms with E-state index in [9.17, 15) is 0 Å². The highest BCUT2D eigenvalue weighted by atomic mass is 16.5. The molecule has 3 heteroatoms. The summed E-state index contributed by atoms with van der Waals surface area (Å²) < 4.78 is 11.5. The summed E-state index contributed by atoms with van der Waals surface area (Å²) in [6, 6.07) is 8.81. The molecule has 1 fully saturated rings. The highest BCUT2D eigenvalue weighted by Gasteiger charge is 2.14. The maximum Gasteiger partial charge on any atom is 0.119 e. The molecule has 1 aliphatic rings. The average Bonchev–Trinajstić information content (AvgIpc) is 3.03. The van der Waals surface area contributed by atoms with Gasteiger partial charge in [-0.05, 0) is 63.3 Å². The summed E-state index contributed by atoms with van der Waals surface area (Å²) in [5.74, 6) is 0.977. The van der Waals surface area contributed by atoms with E-state index in [0.717, 1.165) is 44.8 Å². The lowest BCUT2D eigenvalue weighted by Crippen LogP contribution is -2.19. The molecule has 0 bridgehead atoms. The zero-order valence-electron chi connectivity index (χ0n) is 13.4. The molecule has 1 saturated heterocycles. The molecule has 21 heavy (non-hydrogen) atoms. The van der Waals surface area contributed by atoms with Crippen molar-refractivity contribution in [3.63, 3.8) is 0 Å². The second-order valence-electron chi connectivity index (χ2n) is 5.87. The van der Waals surface area contributed by atoms with Crippen molar-refractivity contribution in [3.05, 3.63) is 29.8 Å². The average molecular weight is 291 g/mol. The Bertz CT molecular complexity index is 402. The fraction of sp³-hybridized carbons (Fsp3) is 0.667. The number of hydrogen-bond donors (Lipinski definition) is 1. The summed E-state index contributed by atoms with van der Waals surface area (Å²) in [5, 5.41) is 3.51. The van der Waals surface area contributed by atoms with E-state index in [1.807, 2.05) is 6.07 Å². The predicted molar refractivity (Wildman–Crippen MR) is 86.9 cm³/mol. The Kier molecular flexibility index (Phi) is 7.04. The van der Waals surface area contributed by atoms with Crippen LogP contribution in [0.2, 0.25) is 0 Å². The summed E-state index contributed by atoms with van der Waals surface area (Å²) in [7, 11) is 0. The van der Waals surface area contributed by atoms with Crippen LogP contribution in [0.15, 0.2) is 24.3 Å². The van der Waals surface area contributed by atoms with E-state index < -0.39 is 0 Å². The maximum atomic E-state index is 5.88. The fourth-order valence-corrected chi connectivity index (χ4v) is 2.73. The molecule has 1 aliphatic heterocycles. The summed E-state index contributed by atoms with van der Waals surface area (Å²) >= 11 is 0. The van der Waals surface area contributed by atoms with Crippen LogP contribution in [0.25, 0.3) is 0 Å². The lowest BCUT2D eigenvalue weighted by atomic mass is 10.1. The van der Waals surface area contributed by atoms with Crippen molar-refractivity contribution < 1.29 is 9.47 Å². The summed E-state index contributed by atoms with van der Waals surface area (Å²) in [6.07, 6.45) is 6.25. The molecule has 2 rings (SSSR count). The standard InChI is InChI=1S/C18H29NO2/c1-3-11-19-15(2)16-7-4-8-18(14-16)21-13-6-10-17-9-5-12-20-17/h4,7-8,14-15,17,19H,3,5-6,9-13H2,1-2H3. The zero-order chi connectivity index (χ0) is 14.9. The molecule has 0 aliphatic carbocycles. The summed E-state index contributed by atoms with van der Waals surface area (Å²) in [6.45, 7) is 7.16. The predicted octanol–water partition coefficient (Wildman–Crippen LogP) is 4.09. The van der Waals surface area contributed by atoms with E-state index in [2.05, 4.69) is 37.4 Å². The lowest BCUT2D eigenvalue weighted by Gasteiger charge is -2.15. The van der Waals surface area contributed by atoms with Crippen LogP contribution in [0, 0.1) is 0 Å². The number of nitrogens with one attached hydrogen (secondary N) is 1. The van der Waals surface area contributed by atoms with Gasteiger partial charge in [0.15, 0.2) is 0 Å². The highest BCUT2D eigenvalue weighted by Crippen LogP contribution is 2.20. The van der Waals surface area contributed by atoms with Crippen LogP contribution in [0.5, 0.6) is 5.75 Å². The summed E-state index contributed by atoms with van der Waals surface area (Å²) in [5.41, 5.74) is 1.29. The van der Waals surface area contributed by atoms with Gasteiger partial charge in [-0.25, -0.2) is 0 Å². The van der Waals surface area contributed by atoms with Crippen LogP contribution < -0.4 is 10.1 Å². The minimum absolute atomic E-state index is 0.375. The summed E-state index contributed by atoms with van der Waals surface area (Å²) in [4.78, 5) is 0. The van der Waals surface area contributed by atoms with Crippen molar-refractivity contribution in [2.45, 2.75) is 58.1 Å². The first kappa shape index (κ1) is 16.3. The topological polar surface area (TPSA) is 30.5 Å². The number of rotatable bonds is 9. The van der Waals surface area contributed by atoms with Crippen LogP contribution in [0.3, 0.4) is 0 Å². The first-order chi connectivity index (χ1) is 10.3. The lowest BCUT2D eigenvalue weighted by molar-refractivity contribution is 0.0981. The van der Waals surface area contributed by atoms with Crippen LogP contribution in [0.1, 0.15) is 57.6 Å². The van der Waals surface area contributed by atoms with Crippen LogP contribution in [-0.2, 0) is 4.74 Å². The van der Waals surface area contributed by atoms with Gasteiger partial charge in [0.25, 0.3) is 0 Å². The number of benzene rings is 1. The van der Waals surface area contributed by atoms with Crippen molar-refractivity contribution in [2.75, 3.05) is 19.8 Å². The molecule has 0 saturated carbocycles. The second kappa shape index (κ2) is 9.06. The molecular formula is C18H29NO2. The van der Waals surface area contributed by atoms with Crippen molar-refractivity contribution >= 4 is 0 Å². The third-order valence-corrected chi connectivity index (χ3v) is 4.02. The van der Waals surface area contributed by atoms with Gasteiger partial charge in [0, 0.05) is 12.6 Å². The molecule has 1 heterocycles. The first-order valence-corrected chi connectivity index (χ1v) is 8.37. The smallest absolute Gasteiger partial charge is 0.119 e. The fourth-order valence-electron chi connectivity index (χ4n) is 2.73. The van der Waals surface area contributed by atoms with E-state index in [1.165, 1.54) is 18.4 Å². The van der Waals surface area contributed by atoms with Gasteiger partial charge in [-0.2, -0.15) is 0 Å². The van der Waals surface area contributed by atoms with Crippen molar-refractivity contribution in [1.29, 1.82) is 0 Å². The molecule has 0 spiro atoms. The minimum atomic E-state index is 0.375. The Morgan fingerprint density at radius 2 is 2.33 bits per heavy atom. The van der Waals surface area contributed by atoms with Gasteiger partial charge in [-0.3, -0.25) is 0 Å². The van der Waals surface area contributed by atoms with E-state index in [-0.39, 0.29) is 0 Å². The first-order valence-electron chi connectivity index (χ1n) is 8.37. The number of hydrogen-bond acceptors (Lipinski definition) is 3. The molecule has 1 aromatic rings. The van der Waals surface area contributed by atoms with Crippen LogP contribution >= 0.6 is 0 Å². The Balaban J connectivity index is 1.72. The SMILES string of the molecule is CCCNC(C)c1cccc(OCCCC2CCCO2)c1. The van der Waals surface area contributed by atoms with E-state index in [1.54, 1.807) is 0 Å². The number of ether oxygens (including phenoxy) is 2. The molecule has 0 amide bonds. The largest absolute Gasteiger partial charge is 0.494 e. The van der Waals surface area contributed by atoms with E-state index in [0.29, 0.717) is 12.1 Å².